The molecule has 5 heteroatoms. The van der Waals surface area contributed by atoms with E-state index in [0.29, 0.717) is 17.8 Å². The topological polar surface area (TPSA) is 73.1 Å². The average Bonchev–Trinajstić information content (AvgIpc) is 2.32. The van der Waals surface area contributed by atoms with Crippen molar-refractivity contribution in [3.8, 4) is 0 Å². The van der Waals surface area contributed by atoms with Gasteiger partial charge in [-0.3, -0.25) is 0 Å². The van der Waals surface area contributed by atoms with Crippen molar-refractivity contribution in [2.45, 2.75) is 39.2 Å². The largest absolute Gasteiger partial charge is 0.384 e. The minimum atomic E-state index is 0.405. The predicted molar refractivity (Wildman–Crippen MR) is 72.5 cm³/mol. The molecular formula is C13H22N4O. The van der Waals surface area contributed by atoms with Gasteiger partial charge in [0.2, 0.25) is 0 Å². The molecule has 0 radical (unpaired) electrons. The zero-order valence-electron chi connectivity index (χ0n) is 11.1. The second-order valence-electron chi connectivity index (χ2n) is 4.94. The molecule has 0 bridgehead atoms. The summed E-state index contributed by atoms with van der Waals surface area (Å²) < 4.78 is 5.44. The van der Waals surface area contributed by atoms with E-state index in [1.165, 1.54) is 0 Å². The van der Waals surface area contributed by atoms with E-state index < -0.39 is 0 Å². The van der Waals surface area contributed by atoms with Gasteiger partial charge in [0.15, 0.2) is 0 Å². The molecule has 0 aromatic carbocycles. The Morgan fingerprint density at radius 2 is 2.33 bits per heavy atom. The van der Waals surface area contributed by atoms with Crippen molar-refractivity contribution in [1.82, 2.24) is 9.97 Å². The lowest BCUT2D eigenvalue weighted by molar-refractivity contribution is 0.0537. The number of anilines is 2. The lowest BCUT2D eigenvalue weighted by Gasteiger charge is -2.30. The minimum Gasteiger partial charge on any atom is -0.384 e. The number of nitrogens with zero attached hydrogens (tertiary/aromatic N) is 2. The van der Waals surface area contributed by atoms with Gasteiger partial charge in [-0.05, 0) is 18.8 Å². The Bertz CT molecular complexity index is 397. The molecule has 0 aliphatic carbocycles. The van der Waals surface area contributed by atoms with E-state index in [2.05, 4.69) is 29.1 Å². The molecule has 1 aromatic rings. The van der Waals surface area contributed by atoms with Gasteiger partial charge in [0, 0.05) is 25.1 Å². The molecule has 3 N–H and O–H groups in total. The number of aromatic nitrogens is 2. The zero-order valence-corrected chi connectivity index (χ0v) is 11.1. The summed E-state index contributed by atoms with van der Waals surface area (Å²) in [4.78, 5) is 8.75. The monoisotopic (exact) mass is 250 g/mol. The third kappa shape index (κ3) is 3.32. The van der Waals surface area contributed by atoms with Gasteiger partial charge in [-0.15, -0.1) is 0 Å². The first-order chi connectivity index (χ1) is 8.69. The second kappa shape index (κ2) is 6.00. The third-order valence-electron chi connectivity index (χ3n) is 3.24. The lowest BCUT2D eigenvalue weighted by atomic mass is 9.98. The van der Waals surface area contributed by atoms with Gasteiger partial charge in [0.1, 0.15) is 17.5 Å². The van der Waals surface area contributed by atoms with Crippen LogP contribution in [0, 0.1) is 5.92 Å². The van der Waals surface area contributed by atoms with E-state index in [1.54, 1.807) is 6.07 Å². The summed E-state index contributed by atoms with van der Waals surface area (Å²) in [5, 5.41) is 3.46. The fraction of sp³-hybridized carbons (Fsp3) is 0.692. The minimum absolute atomic E-state index is 0.405. The van der Waals surface area contributed by atoms with Crippen molar-refractivity contribution in [3.05, 3.63) is 11.9 Å². The van der Waals surface area contributed by atoms with Gasteiger partial charge >= 0.3 is 0 Å². The van der Waals surface area contributed by atoms with E-state index in [0.717, 1.165) is 44.1 Å². The van der Waals surface area contributed by atoms with Crippen molar-refractivity contribution < 1.29 is 4.74 Å². The Hall–Kier alpha value is -1.36. The highest BCUT2D eigenvalue weighted by Crippen LogP contribution is 2.19. The van der Waals surface area contributed by atoms with Crippen LogP contribution in [0.1, 0.15) is 32.5 Å². The summed E-state index contributed by atoms with van der Waals surface area (Å²) in [5.74, 6) is 2.68. The van der Waals surface area contributed by atoms with E-state index in [1.807, 2.05) is 0 Å². The van der Waals surface area contributed by atoms with Crippen LogP contribution in [0.2, 0.25) is 0 Å². The Morgan fingerprint density at radius 1 is 1.50 bits per heavy atom. The molecule has 0 amide bonds. The first-order valence-electron chi connectivity index (χ1n) is 6.66. The third-order valence-corrected chi connectivity index (χ3v) is 3.24. The van der Waals surface area contributed by atoms with E-state index in [4.69, 9.17) is 10.5 Å². The van der Waals surface area contributed by atoms with Crippen LogP contribution in [-0.2, 0) is 11.2 Å². The van der Waals surface area contributed by atoms with E-state index in [-0.39, 0.29) is 0 Å². The van der Waals surface area contributed by atoms with Gasteiger partial charge < -0.3 is 15.8 Å². The highest BCUT2D eigenvalue weighted by molar-refractivity contribution is 5.45. The number of hydrogen-bond donors (Lipinski definition) is 2. The second-order valence-corrected chi connectivity index (χ2v) is 4.94. The molecule has 2 rings (SSSR count). The fourth-order valence-corrected chi connectivity index (χ4v) is 2.21. The van der Waals surface area contributed by atoms with Gasteiger partial charge in [-0.25, -0.2) is 9.97 Å². The van der Waals surface area contributed by atoms with Crippen molar-refractivity contribution in [1.29, 1.82) is 0 Å². The molecule has 1 fully saturated rings. The number of nitrogens with two attached hydrogens (primary N) is 1. The van der Waals surface area contributed by atoms with Crippen molar-refractivity contribution >= 4 is 11.6 Å². The average molecular weight is 250 g/mol. The lowest BCUT2D eigenvalue weighted by Crippen LogP contribution is -2.36. The van der Waals surface area contributed by atoms with Crippen molar-refractivity contribution in [2.75, 3.05) is 24.3 Å². The highest BCUT2D eigenvalue weighted by atomic mass is 16.5. The Morgan fingerprint density at radius 3 is 3.06 bits per heavy atom. The quantitative estimate of drug-likeness (QED) is 0.853. The van der Waals surface area contributed by atoms with Crippen LogP contribution in [0.25, 0.3) is 0 Å². The fourth-order valence-electron chi connectivity index (χ4n) is 2.21. The number of nitrogens with one attached hydrogen (secondary N) is 1. The Balaban J connectivity index is 2.07. The molecule has 1 aromatic heterocycles. The predicted octanol–water partition coefficient (Wildman–Crippen LogP) is 1.85. The molecule has 18 heavy (non-hydrogen) atoms. The number of aryl methyl sites for hydroxylation is 1. The van der Waals surface area contributed by atoms with Crippen LogP contribution < -0.4 is 11.1 Å². The smallest absolute Gasteiger partial charge is 0.133 e. The van der Waals surface area contributed by atoms with Gasteiger partial charge in [0.05, 0.1) is 6.61 Å². The number of nitrogen functional groups attached to an aromatic ring is 1. The maximum Gasteiger partial charge on any atom is 0.133 e. The van der Waals surface area contributed by atoms with Crippen LogP contribution in [0.5, 0.6) is 0 Å². The molecule has 1 aliphatic heterocycles. The number of ether oxygens (including phenoxy) is 1. The molecule has 2 atom stereocenters. The summed E-state index contributed by atoms with van der Waals surface area (Å²) in [7, 11) is 0. The van der Waals surface area contributed by atoms with Crippen molar-refractivity contribution in [3.63, 3.8) is 0 Å². The highest BCUT2D eigenvalue weighted by Gasteiger charge is 2.22. The Labute approximate surface area is 108 Å². The molecule has 2 heterocycles. The molecule has 0 saturated carbocycles. The van der Waals surface area contributed by atoms with Crippen LogP contribution in [-0.4, -0.2) is 29.2 Å². The van der Waals surface area contributed by atoms with Gasteiger partial charge in [-0.2, -0.15) is 0 Å². The Kier molecular flexibility index (Phi) is 4.36. The van der Waals surface area contributed by atoms with Crippen molar-refractivity contribution in [2.24, 2.45) is 5.92 Å². The first-order valence-corrected chi connectivity index (χ1v) is 6.66. The van der Waals surface area contributed by atoms with Crippen LogP contribution in [0.3, 0.4) is 0 Å². The van der Waals surface area contributed by atoms with Crippen LogP contribution in [0.15, 0.2) is 6.07 Å². The zero-order chi connectivity index (χ0) is 13.0. The molecule has 2 unspecified atom stereocenters. The summed E-state index contributed by atoms with van der Waals surface area (Å²) >= 11 is 0. The molecule has 1 saturated heterocycles. The molecule has 100 valence electrons. The maximum absolute atomic E-state index is 5.81. The maximum atomic E-state index is 5.81. The van der Waals surface area contributed by atoms with Crippen LogP contribution >= 0.6 is 0 Å². The molecule has 5 nitrogen and oxygen atoms in total. The molecular weight excluding hydrogens is 228 g/mol. The summed E-state index contributed by atoms with van der Waals surface area (Å²) in [5.41, 5.74) is 5.81. The summed E-state index contributed by atoms with van der Waals surface area (Å²) in [6.45, 7) is 5.92. The summed E-state index contributed by atoms with van der Waals surface area (Å²) in [6, 6.07) is 2.21. The number of hydrogen-bond acceptors (Lipinski definition) is 5. The first kappa shape index (κ1) is 13.1. The molecule has 1 aliphatic rings. The SMILES string of the molecule is CCCc1nc(N)cc(NC2CCOCC2C)n1. The number of rotatable bonds is 4. The summed E-state index contributed by atoms with van der Waals surface area (Å²) in [6.07, 6.45) is 2.90. The van der Waals surface area contributed by atoms with E-state index in [9.17, 15) is 0 Å². The van der Waals surface area contributed by atoms with Crippen LogP contribution in [0.4, 0.5) is 11.6 Å². The standard InChI is InChI=1S/C13H22N4O/c1-3-4-12-16-11(14)7-13(17-12)15-10-5-6-18-8-9(10)2/h7,9-10H,3-6,8H2,1-2H3,(H3,14,15,16,17). The van der Waals surface area contributed by atoms with Gasteiger partial charge in [-0.1, -0.05) is 13.8 Å². The normalized spacial score (nSPS) is 23.9. The van der Waals surface area contributed by atoms with Gasteiger partial charge in [0.25, 0.3) is 0 Å². The molecule has 0 spiro atoms. The van der Waals surface area contributed by atoms with E-state index >= 15 is 0 Å².